The van der Waals surface area contributed by atoms with Gasteiger partial charge in [-0.2, -0.15) is 0 Å². The number of ether oxygens (including phenoxy) is 2. The Kier molecular flexibility index (Phi) is 11.1. The number of carbonyl (C=O) groups is 4. The van der Waals surface area contributed by atoms with Crippen molar-refractivity contribution in [3.05, 3.63) is 42.9 Å². The monoisotopic (exact) mass is 662 g/mol. The number of pyridine rings is 1. The normalized spacial score (nSPS) is 16.1. The van der Waals surface area contributed by atoms with E-state index in [1.54, 1.807) is 38.2 Å². The molecule has 0 spiro atoms. The van der Waals surface area contributed by atoms with Crippen molar-refractivity contribution in [1.29, 1.82) is 0 Å². The number of amides is 4. The average molecular weight is 663 g/mol. The van der Waals surface area contributed by atoms with E-state index in [9.17, 15) is 19.2 Å². The van der Waals surface area contributed by atoms with Crippen LogP contribution in [0.15, 0.2) is 42.9 Å². The third-order valence-corrected chi connectivity index (χ3v) is 8.31. The SMILES string of the molecule is CCC(C)(C)OC(=O)NC(C)C(=O)NC(C(=O)N1CCCC1C(=O)Nc1cc2c(Nc3ccccn3)ncnc2cc1OC)C(C)(C)C. The maximum absolute atomic E-state index is 14.0. The van der Waals surface area contributed by atoms with Gasteiger partial charge < -0.3 is 35.6 Å². The number of methoxy groups -OCH3 is 1. The van der Waals surface area contributed by atoms with E-state index in [1.165, 1.54) is 25.3 Å². The van der Waals surface area contributed by atoms with E-state index in [2.05, 4.69) is 36.2 Å². The molecule has 14 heteroatoms. The Morgan fingerprint density at radius 3 is 2.44 bits per heavy atom. The topological polar surface area (TPSA) is 177 Å². The van der Waals surface area contributed by atoms with Crippen LogP contribution in [0.1, 0.15) is 67.7 Å². The molecule has 3 aromatic rings. The van der Waals surface area contributed by atoms with Crippen LogP contribution >= 0.6 is 0 Å². The Morgan fingerprint density at radius 1 is 1.04 bits per heavy atom. The van der Waals surface area contributed by atoms with Crippen LogP contribution in [0.2, 0.25) is 0 Å². The molecule has 1 fully saturated rings. The number of aromatic nitrogens is 3. The quantitative estimate of drug-likeness (QED) is 0.228. The van der Waals surface area contributed by atoms with Crippen LogP contribution in [-0.2, 0) is 19.1 Å². The van der Waals surface area contributed by atoms with Crippen LogP contribution < -0.4 is 26.0 Å². The molecule has 4 rings (SSSR count). The van der Waals surface area contributed by atoms with Crippen molar-refractivity contribution < 1.29 is 28.7 Å². The van der Waals surface area contributed by atoms with Crippen molar-refractivity contribution in [2.24, 2.45) is 5.41 Å². The molecule has 1 aliphatic rings. The summed E-state index contributed by atoms with van der Waals surface area (Å²) in [4.78, 5) is 68.0. The molecule has 4 N–H and O–H groups in total. The van der Waals surface area contributed by atoms with E-state index in [0.29, 0.717) is 59.8 Å². The lowest BCUT2D eigenvalue weighted by atomic mass is 9.85. The molecular weight excluding hydrogens is 616 g/mol. The van der Waals surface area contributed by atoms with Crippen LogP contribution in [0.5, 0.6) is 5.75 Å². The lowest BCUT2D eigenvalue weighted by Crippen LogP contribution is -2.59. The number of benzene rings is 1. The zero-order valence-electron chi connectivity index (χ0n) is 28.8. The van der Waals surface area contributed by atoms with Crippen LogP contribution in [0.25, 0.3) is 10.9 Å². The number of alkyl carbamates (subject to hydrolysis) is 1. The summed E-state index contributed by atoms with van der Waals surface area (Å²) >= 11 is 0. The highest BCUT2D eigenvalue weighted by Crippen LogP contribution is 2.34. The lowest BCUT2D eigenvalue weighted by molar-refractivity contribution is -0.143. The number of hydrogen-bond donors (Lipinski definition) is 4. The van der Waals surface area contributed by atoms with E-state index in [0.717, 1.165) is 0 Å². The molecule has 48 heavy (non-hydrogen) atoms. The first kappa shape index (κ1) is 35.8. The van der Waals surface area contributed by atoms with Crippen LogP contribution in [-0.4, -0.2) is 81.0 Å². The van der Waals surface area contributed by atoms with Crippen molar-refractivity contribution in [1.82, 2.24) is 30.5 Å². The van der Waals surface area contributed by atoms with Gasteiger partial charge in [0, 0.05) is 24.2 Å². The minimum Gasteiger partial charge on any atom is -0.494 e. The number of likely N-dealkylation sites (tertiary alicyclic amines) is 1. The second-order valence-electron chi connectivity index (χ2n) is 13.5. The summed E-state index contributed by atoms with van der Waals surface area (Å²) in [5, 5.41) is 12.1. The summed E-state index contributed by atoms with van der Waals surface area (Å²) in [5.74, 6) is 0.125. The Balaban J connectivity index is 1.52. The molecule has 0 radical (unpaired) electrons. The second-order valence-corrected chi connectivity index (χ2v) is 13.5. The Labute approximate surface area is 280 Å². The fourth-order valence-electron chi connectivity index (χ4n) is 5.20. The highest BCUT2D eigenvalue weighted by atomic mass is 16.6. The molecule has 1 aromatic carbocycles. The predicted molar refractivity (Wildman–Crippen MR) is 182 cm³/mol. The number of rotatable bonds is 11. The maximum atomic E-state index is 14.0. The second kappa shape index (κ2) is 14.8. The van der Waals surface area contributed by atoms with Gasteiger partial charge in [-0.25, -0.2) is 19.7 Å². The molecule has 0 aliphatic carbocycles. The molecular formula is C34H46N8O6. The first-order chi connectivity index (χ1) is 22.6. The molecule has 3 atom stereocenters. The van der Waals surface area contributed by atoms with Gasteiger partial charge >= 0.3 is 6.09 Å². The molecule has 4 amide bonds. The van der Waals surface area contributed by atoms with Gasteiger partial charge in [0.1, 0.15) is 47.4 Å². The average Bonchev–Trinajstić information content (AvgIpc) is 3.53. The van der Waals surface area contributed by atoms with Gasteiger partial charge in [-0.15, -0.1) is 0 Å². The third kappa shape index (κ3) is 8.66. The van der Waals surface area contributed by atoms with Gasteiger partial charge in [0.05, 0.1) is 18.3 Å². The number of nitrogens with one attached hydrogen (secondary N) is 4. The minimum absolute atomic E-state index is 0.340. The number of nitrogens with zero attached hydrogens (tertiary/aromatic N) is 4. The van der Waals surface area contributed by atoms with Crippen molar-refractivity contribution in [3.8, 4) is 5.75 Å². The van der Waals surface area contributed by atoms with Crippen LogP contribution in [0, 0.1) is 5.41 Å². The smallest absolute Gasteiger partial charge is 0.408 e. The van der Waals surface area contributed by atoms with E-state index < -0.39 is 53.0 Å². The number of hydrogen-bond acceptors (Lipinski definition) is 10. The van der Waals surface area contributed by atoms with Crippen LogP contribution in [0.3, 0.4) is 0 Å². The first-order valence-corrected chi connectivity index (χ1v) is 16.1. The van der Waals surface area contributed by atoms with Gasteiger partial charge in [0.2, 0.25) is 17.7 Å². The van der Waals surface area contributed by atoms with Crippen molar-refractivity contribution >= 4 is 52.0 Å². The fourth-order valence-corrected chi connectivity index (χ4v) is 5.20. The summed E-state index contributed by atoms with van der Waals surface area (Å²) in [7, 11) is 1.49. The molecule has 1 aliphatic heterocycles. The van der Waals surface area contributed by atoms with E-state index in [1.807, 2.05) is 39.8 Å². The molecule has 258 valence electrons. The summed E-state index contributed by atoms with van der Waals surface area (Å²) in [5.41, 5.74) is -0.434. The Bertz CT molecular complexity index is 1640. The highest BCUT2D eigenvalue weighted by molar-refractivity contribution is 6.03. The minimum atomic E-state index is -0.974. The van der Waals surface area contributed by atoms with E-state index in [-0.39, 0.29) is 0 Å². The molecule has 3 unspecified atom stereocenters. The van der Waals surface area contributed by atoms with Crippen molar-refractivity contribution in [2.75, 3.05) is 24.3 Å². The van der Waals surface area contributed by atoms with Gasteiger partial charge in [-0.05, 0) is 63.6 Å². The summed E-state index contributed by atoms with van der Waals surface area (Å²) in [6, 6.07) is 6.14. The standard InChI is InChI=1S/C34H46N8O6/c1-9-34(6,7)48-32(46)38-20(2)29(43)41-27(33(3,4)5)31(45)42-16-12-13-24(42)30(44)39-23-17-21-22(18-25(23)47-8)36-19-37-28(21)40-26-14-10-11-15-35-26/h10-11,14-15,17-20,24,27H,9,12-13,16H2,1-8H3,(H,38,46)(H,39,44)(H,41,43)(H,35,36,37,40). The molecule has 0 saturated carbocycles. The van der Waals surface area contributed by atoms with Crippen LogP contribution in [0.4, 0.5) is 22.1 Å². The number of anilines is 3. The largest absolute Gasteiger partial charge is 0.494 e. The van der Waals surface area contributed by atoms with Gasteiger partial charge in [0.15, 0.2) is 0 Å². The molecule has 14 nitrogen and oxygen atoms in total. The fraction of sp³-hybridized carbons (Fsp3) is 0.500. The molecule has 0 bridgehead atoms. The van der Waals surface area contributed by atoms with E-state index >= 15 is 0 Å². The van der Waals surface area contributed by atoms with E-state index in [4.69, 9.17) is 9.47 Å². The third-order valence-electron chi connectivity index (χ3n) is 8.31. The zero-order chi connectivity index (χ0) is 35.2. The summed E-state index contributed by atoms with van der Waals surface area (Å²) < 4.78 is 11.0. The van der Waals surface area contributed by atoms with Gasteiger partial charge in [0.25, 0.3) is 0 Å². The van der Waals surface area contributed by atoms with Crippen molar-refractivity contribution in [3.63, 3.8) is 0 Å². The first-order valence-electron chi connectivity index (χ1n) is 16.1. The lowest BCUT2D eigenvalue weighted by Gasteiger charge is -2.36. The highest BCUT2D eigenvalue weighted by Gasteiger charge is 2.42. The summed E-state index contributed by atoms with van der Waals surface area (Å²) in [6.45, 7) is 12.8. The molecule has 3 heterocycles. The summed E-state index contributed by atoms with van der Waals surface area (Å²) in [6.07, 6.45) is 3.99. The molecule has 2 aromatic heterocycles. The maximum Gasteiger partial charge on any atom is 0.408 e. The van der Waals surface area contributed by atoms with Crippen molar-refractivity contribution in [2.45, 2.75) is 91.5 Å². The Hall–Kier alpha value is -5.01. The predicted octanol–water partition coefficient (Wildman–Crippen LogP) is 4.54. The molecule has 1 saturated heterocycles. The Morgan fingerprint density at radius 2 is 1.79 bits per heavy atom. The number of fused-ring (bicyclic) bond motifs is 1. The van der Waals surface area contributed by atoms with Gasteiger partial charge in [-0.3, -0.25) is 14.4 Å². The zero-order valence-corrected chi connectivity index (χ0v) is 28.8. The van der Waals surface area contributed by atoms with Gasteiger partial charge in [-0.1, -0.05) is 33.8 Å². The number of carbonyl (C=O) groups excluding carboxylic acids is 4.